The van der Waals surface area contributed by atoms with Gasteiger partial charge in [-0.05, 0) is 62.5 Å². The predicted octanol–water partition coefficient (Wildman–Crippen LogP) is 1.97. The lowest BCUT2D eigenvalue weighted by molar-refractivity contribution is -0.138. The summed E-state index contributed by atoms with van der Waals surface area (Å²) in [5.74, 6) is 4.81. The molecule has 10 nitrogen and oxygen atoms in total. The van der Waals surface area contributed by atoms with Gasteiger partial charge in [0, 0.05) is 23.4 Å². The Bertz CT molecular complexity index is 1140. The number of Topliss-reactive ketones (excluding diaryl/α,β-unsaturated/α-hetero) is 1. The molecular formula is C25H29N3O7. The van der Waals surface area contributed by atoms with Crippen LogP contribution in [-0.4, -0.2) is 58.7 Å². The Hall–Kier alpha value is -3.63. The fourth-order valence-corrected chi connectivity index (χ4v) is 6.10. The van der Waals surface area contributed by atoms with Crippen LogP contribution in [0.4, 0.5) is 4.79 Å². The minimum absolute atomic E-state index is 0.172. The fourth-order valence-electron chi connectivity index (χ4n) is 6.10. The van der Waals surface area contributed by atoms with Crippen molar-refractivity contribution in [1.82, 2.24) is 4.90 Å². The van der Waals surface area contributed by atoms with Gasteiger partial charge in [-0.1, -0.05) is 24.3 Å². The number of amides is 1. The lowest BCUT2D eigenvalue weighted by Crippen LogP contribution is -2.65. The molecule has 1 saturated carbocycles. The molecule has 1 spiro atoms. The van der Waals surface area contributed by atoms with Gasteiger partial charge in [0.2, 0.25) is 0 Å². The van der Waals surface area contributed by atoms with Crippen molar-refractivity contribution in [2.75, 3.05) is 13.6 Å². The molecule has 2 bridgehead atoms. The molecule has 2 aliphatic heterocycles. The summed E-state index contributed by atoms with van der Waals surface area (Å²) < 4.78 is 6.04. The van der Waals surface area contributed by atoms with Crippen molar-refractivity contribution in [3.05, 3.63) is 59.2 Å². The van der Waals surface area contributed by atoms with Gasteiger partial charge in [0.25, 0.3) is 0 Å². The van der Waals surface area contributed by atoms with Crippen molar-refractivity contribution in [1.29, 1.82) is 0 Å². The zero-order valence-electron chi connectivity index (χ0n) is 19.3. The number of aromatic hydroxyl groups is 1. The van der Waals surface area contributed by atoms with Crippen molar-refractivity contribution in [2.24, 2.45) is 17.5 Å². The van der Waals surface area contributed by atoms with Gasteiger partial charge in [0.05, 0.1) is 5.56 Å². The van der Waals surface area contributed by atoms with E-state index in [1.165, 1.54) is 5.56 Å². The van der Waals surface area contributed by atoms with Crippen LogP contribution in [0.3, 0.4) is 0 Å². The molecule has 0 radical (unpaired) electrons. The molecular weight excluding hydrogens is 454 g/mol. The number of ketones is 1. The van der Waals surface area contributed by atoms with Crippen LogP contribution in [0.25, 0.3) is 0 Å². The summed E-state index contributed by atoms with van der Waals surface area (Å²) in [5, 5.41) is 18.6. The first-order chi connectivity index (χ1) is 16.7. The SMILES string of the molecule is CN1CC[C@]23c4c5ccc(O)c4O[C@H]2C(=O)CC[C@H]3[C@H]1C5.NOC(N)=O.O=C(O)c1ccccc1. The highest BCUT2D eigenvalue weighted by molar-refractivity contribution is 5.89. The average Bonchev–Trinajstić information content (AvgIpc) is 3.21. The van der Waals surface area contributed by atoms with E-state index >= 15 is 0 Å². The number of aromatic carboxylic acids is 1. The molecule has 2 aromatic carbocycles. The first kappa shape index (κ1) is 24.5. The van der Waals surface area contributed by atoms with Gasteiger partial charge in [-0.3, -0.25) is 4.79 Å². The maximum Gasteiger partial charge on any atom is 0.423 e. The Kier molecular flexibility index (Phi) is 6.68. The van der Waals surface area contributed by atoms with Gasteiger partial charge < -0.3 is 30.4 Å². The zero-order chi connectivity index (χ0) is 25.3. The summed E-state index contributed by atoms with van der Waals surface area (Å²) in [4.78, 5) is 37.8. The number of benzene rings is 2. The van der Waals surface area contributed by atoms with Crippen molar-refractivity contribution < 1.29 is 34.2 Å². The molecule has 6 N–H and O–H groups in total. The van der Waals surface area contributed by atoms with Crippen LogP contribution in [0.2, 0.25) is 0 Å². The molecule has 2 aliphatic carbocycles. The van der Waals surface area contributed by atoms with Gasteiger partial charge in [-0.15, -0.1) is 0 Å². The maximum absolute atomic E-state index is 12.5. The monoisotopic (exact) mass is 483 g/mol. The molecule has 1 amide bonds. The number of likely N-dealkylation sites (N-methyl/N-ethyl adjacent to an activating group) is 1. The quantitative estimate of drug-likeness (QED) is 0.444. The number of nitrogens with two attached hydrogens (primary N) is 2. The van der Waals surface area contributed by atoms with E-state index in [1.54, 1.807) is 36.4 Å². The standard InChI is InChI=1S/C17H19NO3.C7H6O2.CH4N2O2/c1-18-7-6-17-10-3-5-13(20)16(17)21-15-12(19)4-2-9(14(15)17)8-11(10)18;8-7(9)6-4-2-1-3-5-6;2-1(4)5-3/h2,4,10-11,16,19H,3,5-8H2,1H3;1-5H,(H,8,9);3H2,(H2,2,4)/t10-,11+,16-,17-;;/m0../s1. The number of rotatable bonds is 1. The number of carboxylic acid groups (broad SMARTS) is 1. The third kappa shape index (κ3) is 4.19. The van der Waals surface area contributed by atoms with Gasteiger partial charge in [-0.25, -0.2) is 9.59 Å². The Morgan fingerprint density at radius 3 is 2.49 bits per heavy atom. The number of ether oxygens (including phenoxy) is 1. The number of likely N-dealkylation sites (tertiary alicyclic amines) is 1. The smallest absolute Gasteiger partial charge is 0.423 e. The lowest BCUT2D eigenvalue weighted by atomic mass is 9.52. The van der Waals surface area contributed by atoms with E-state index < -0.39 is 12.1 Å². The van der Waals surface area contributed by atoms with E-state index in [1.807, 2.05) is 6.07 Å². The summed E-state index contributed by atoms with van der Waals surface area (Å²) >= 11 is 0. The van der Waals surface area contributed by atoms with Gasteiger partial charge >= 0.3 is 12.1 Å². The molecule has 2 aromatic rings. The summed E-state index contributed by atoms with van der Waals surface area (Å²) in [5.41, 5.74) is 6.90. The van der Waals surface area contributed by atoms with Gasteiger partial charge in [-0.2, -0.15) is 5.90 Å². The number of piperidine rings is 1. The Balaban J connectivity index is 0.000000172. The Morgan fingerprint density at radius 1 is 1.20 bits per heavy atom. The number of hydrogen-bond acceptors (Lipinski definition) is 8. The third-order valence-corrected chi connectivity index (χ3v) is 7.52. The van der Waals surface area contributed by atoms with E-state index in [0.717, 1.165) is 31.4 Å². The van der Waals surface area contributed by atoms with Crippen LogP contribution >= 0.6 is 0 Å². The van der Waals surface area contributed by atoms with E-state index in [9.17, 15) is 19.5 Å². The molecule has 186 valence electrons. The summed E-state index contributed by atoms with van der Waals surface area (Å²) in [6.07, 6.45) is 2.22. The molecule has 0 aromatic heterocycles. The highest BCUT2D eigenvalue weighted by Crippen LogP contribution is 2.62. The highest BCUT2D eigenvalue weighted by atomic mass is 16.7. The van der Waals surface area contributed by atoms with E-state index in [2.05, 4.69) is 28.4 Å². The van der Waals surface area contributed by atoms with Crippen LogP contribution in [-0.2, 0) is 21.5 Å². The first-order valence-corrected chi connectivity index (χ1v) is 11.4. The third-order valence-electron chi connectivity index (χ3n) is 7.52. The van der Waals surface area contributed by atoms with Crippen LogP contribution in [0, 0.1) is 5.92 Å². The van der Waals surface area contributed by atoms with E-state index in [-0.39, 0.29) is 23.1 Å². The summed E-state index contributed by atoms with van der Waals surface area (Å²) in [7, 11) is 2.20. The van der Waals surface area contributed by atoms with Crippen LogP contribution in [0.1, 0.15) is 40.7 Å². The second-order valence-corrected chi connectivity index (χ2v) is 9.21. The normalized spacial score (nSPS) is 27.1. The van der Waals surface area contributed by atoms with Crippen LogP contribution in [0.5, 0.6) is 11.5 Å². The second-order valence-electron chi connectivity index (χ2n) is 9.21. The Labute approximate surface area is 202 Å². The minimum Gasteiger partial charge on any atom is -0.504 e. The number of phenols is 1. The van der Waals surface area contributed by atoms with Crippen molar-refractivity contribution in [3.8, 4) is 11.5 Å². The number of primary amides is 1. The summed E-state index contributed by atoms with van der Waals surface area (Å²) in [6, 6.07) is 12.6. The van der Waals surface area contributed by atoms with E-state index in [0.29, 0.717) is 29.7 Å². The van der Waals surface area contributed by atoms with E-state index in [4.69, 9.17) is 9.84 Å². The summed E-state index contributed by atoms with van der Waals surface area (Å²) in [6.45, 7) is 1.00. The highest BCUT2D eigenvalue weighted by Gasteiger charge is 2.65. The second kappa shape index (κ2) is 9.55. The number of hydrogen-bond donors (Lipinski definition) is 4. The number of carboxylic acids is 1. The molecule has 2 fully saturated rings. The number of carbonyl (C=O) groups excluding carboxylic acids is 2. The molecule has 4 atom stereocenters. The number of nitrogens with zero attached hydrogens (tertiary/aromatic N) is 1. The van der Waals surface area contributed by atoms with Gasteiger partial charge in [0.1, 0.15) is 0 Å². The van der Waals surface area contributed by atoms with Gasteiger partial charge in [0.15, 0.2) is 23.4 Å². The molecule has 10 heteroatoms. The number of carbonyl (C=O) groups is 3. The zero-order valence-corrected chi connectivity index (χ0v) is 19.3. The first-order valence-electron chi connectivity index (χ1n) is 11.4. The molecule has 4 aliphatic rings. The van der Waals surface area contributed by atoms with Crippen molar-refractivity contribution >= 4 is 17.8 Å². The number of phenolic OH excluding ortho intramolecular Hbond substituents is 1. The molecule has 2 heterocycles. The molecule has 6 rings (SSSR count). The minimum atomic E-state index is -0.968. The van der Waals surface area contributed by atoms with Crippen LogP contribution < -0.4 is 16.4 Å². The lowest BCUT2D eigenvalue weighted by Gasteiger charge is -2.57. The predicted molar refractivity (Wildman–Crippen MR) is 125 cm³/mol. The average molecular weight is 484 g/mol. The Morgan fingerprint density at radius 2 is 1.89 bits per heavy atom. The maximum atomic E-state index is 12.5. The molecule has 0 unspecified atom stereocenters. The largest absolute Gasteiger partial charge is 0.504 e. The van der Waals surface area contributed by atoms with Crippen molar-refractivity contribution in [2.45, 2.75) is 43.2 Å². The topological polar surface area (TPSA) is 165 Å². The molecule has 35 heavy (non-hydrogen) atoms. The van der Waals surface area contributed by atoms with Crippen molar-refractivity contribution in [3.63, 3.8) is 0 Å². The van der Waals surface area contributed by atoms with Crippen LogP contribution in [0.15, 0.2) is 42.5 Å². The fraction of sp³-hybridized carbons (Fsp3) is 0.400. The molecule has 1 saturated heterocycles.